The summed E-state index contributed by atoms with van der Waals surface area (Å²) in [6.07, 6.45) is 2.02. The van der Waals surface area contributed by atoms with Crippen LogP contribution in [0.3, 0.4) is 0 Å². The molecule has 0 aliphatic carbocycles. The van der Waals surface area contributed by atoms with E-state index in [0.29, 0.717) is 28.8 Å². The number of fused-ring (bicyclic) bond motifs is 1. The van der Waals surface area contributed by atoms with Crippen molar-refractivity contribution in [3.05, 3.63) is 56.5 Å². The minimum absolute atomic E-state index is 0.0519. The number of pyridine rings is 1. The highest BCUT2D eigenvalue weighted by molar-refractivity contribution is 7.98. The van der Waals surface area contributed by atoms with Gasteiger partial charge in [-0.3, -0.25) is 13.8 Å². The molecule has 1 aliphatic heterocycles. The fourth-order valence-electron chi connectivity index (χ4n) is 3.14. The highest BCUT2D eigenvalue weighted by Crippen LogP contribution is 2.21. The van der Waals surface area contributed by atoms with Gasteiger partial charge in [0.05, 0.1) is 18.3 Å². The Hall–Kier alpha value is -2.39. The zero-order valence-electron chi connectivity index (χ0n) is 14.3. The van der Waals surface area contributed by atoms with Crippen molar-refractivity contribution in [1.29, 1.82) is 0 Å². The molecule has 0 amide bonds. The molecule has 3 aromatic heterocycles. The van der Waals surface area contributed by atoms with Crippen LogP contribution in [0.15, 0.2) is 39.0 Å². The van der Waals surface area contributed by atoms with Gasteiger partial charge in [0.25, 0.3) is 5.56 Å². The predicted octanol–water partition coefficient (Wildman–Crippen LogP) is 1.36. The standard InChI is InChI=1S/C17H19N5O3S/c1-11-4-2-6-14-18-12(8-15(23)22(11)14)10-26-17-20-19-16(24)21(17)9-13-5-3-7-25-13/h2,4,6,8,13H,3,5,7,9-10H2,1H3,(H,19,24). The first-order valence-corrected chi connectivity index (χ1v) is 9.48. The Morgan fingerprint density at radius 3 is 3.08 bits per heavy atom. The molecular formula is C17H19N5O3S. The molecule has 0 bridgehead atoms. The fraction of sp³-hybridized carbons (Fsp3) is 0.412. The van der Waals surface area contributed by atoms with Gasteiger partial charge < -0.3 is 4.74 Å². The molecule has 4 rings (SSSR count). The van der Waals surface area contributed by atoms with Gasteiger partial charge in [-0.1, -0.05) is 17.8 Å². The quantitative estimate of drug-likeness (QED) is 0.679. The monoisotopic (exact) mass is 373 g/mol. The molecule has 1 unspecified atom stereocenters. The molecule has 0 radical (unpaired) electrons. The number of aryl methyl sites for hydroxylation is 1. The summed E-state index contributed by atoms with van der Waals surface area (Å²) >= 11 is 1.38. The van der Waals surface area contributed by atoms with Gasteiger partial charge in [-0.15, -0.1) is 5.10 Å². The van der Waals surface area contributed by atoms with E-state index in [0.717, 1.165) is 25.1 Å². The number of hydrogen-bond donors (Lipinski definition) is 1. The number of nitrogens with one attached hydrogen (secondary N) is 1. The topological polar surface area (TPSA) is 94.3 Å². The number of aromatic nitrogens is 5. The van der Waals surface area contributed by atoms with E-state index in [1.54, 1.807) is 8.97 Å². The van der Waals surface area contributed by atoms with Gasteiger partial charge in [0.1, 0.15) is 5.65 Å². The van der Waals surface area contributed by atoms with Crippen LogP contribution in [0.2, 0.25) is 0 Å². The van der Waals surface area contributed by atoms with Gasteiger partial charge in [0, 0.05) is 24.1 Å². The smallest absolute Gasteiger partial charge is 0.344 e. The molecule has 9 heteroatoms. The zero-order chi connectivity index (χ0) is 18.1. The van der Waals surface area contributed by atoms with E-state index in [4.69, 9.17) is 4.74 Å². The third-order valence-electron chi connectivity index (χ3n) is 4.42. The maximum atomic E-state index is 12.4. The summed E-state index contributed by atoms with van der Waals surface area (Å²) in [4.78, 5) is 28.9. The molecule has 1 aliphatic rings. The Morgan fingerprint density at radius 1 is 1.38 bits per heavy atom. The predicted molar refractivity (Wildman–Crippen MR) is 97.6 cm³/mol. The van der Waals surface area contributed by atoms with Crippen LogP contribution in [0.1, 0.15) is 24.2 Å². The minimum Gasteiger partial charge on any atom is -0.376 e. The van der Waals surface area contributed by atoms with Crippen LogP contribution in [0.5, 0.6) is 0 Å². The molecule has 1 fully saturated rings. The number of rotatable bonds is 5. The zero-order valence-corrected chi connectivity index (χ0v) is 15.2. The molecule has 1 atom stereocenters. The van der Waals surface area contributed by atoms with Crippen molar-refractivity contribution in [2.24, 2.45) is 0 Å². The summed E-state index contributed by atoms with van der Waals surface area (Å²) in [5.41, 5.74) is 1.76. The molecule has 0 saturated carbocycles. The molecule has 26 heavy (non-hydrogen) atoms. The first-order chi connectivity index (χ1) is 12.6. The van der Waals surface area contributed by atoms with E-state index >= 15 is 0 Å². The maximum Gasteiger partial charge on any atom is 0.344 e. The number of aromatic amines is 1. The summed E-state index contributed by atoms with van der Waals surface area (Å²) in [5.74, 6) is 0.454. The molecule has 136 valence electrons. The lowest BCUT2D eigenvalue weighted by molar-refractivity contribution is 0.0941. The van der Waals surface area contributed by atoms with Gasteiger partial charge in [0.15, 0.2) is 5.16 Å². The fourth-order valence-corrected chi connectivity index (χ4v) is 3.99. The molecule has 0 aromatic carbocycles. The summed E-state index contributed by atoms with van der Waals surface area (Å²) in [5, 5.41) is 7.16. The van der Waals surface area contributed by atoms with Crippen molar-refractivity contribution in [3.8, 4) is 0 Å². The number of H-pyrrole nitrogens is 1. The number of hydrogen-bond acceptors (Lipinski definition) is 6. The summed E-state index contributed by atoms with van der Waals surface area (Å²) in [6.45, 7) is 3.10. The van der Waals surface area contributed by atoms with Gasteiger partial charge >= 0.3 is 5.69 Å². The maximum absolute atomic E-state index is 12.4. The van der Waals surface area contributed by atoms with Crippen LogP contribution < -0.4 is 11.2 Å². The molecule has 1 N–H and O–H groups in total. The van der Waals surface area contributed by atoms with Gasteiger partial charge in [0.2, 0.25) is 0 Å². The average molecular weight is 373 g/mol. The van der Waals surface area contributed by atoms with Gasteiger partial charge in [-0.05, 0) is 31.9 Å². The van der Waals surface area contributed by atoms with E-state index in [9.17, 15) is 9.59 Å². The van der Waals surface area contributed by atoms with Crippen molar-refractivity contribution >= 4 is 17.4 Å². The van der Waals surface area contributed by atoms with Crippen LogP contribution in [0.4, 0.5) is 0 Å². The lowest BCUT2D eigenvalue weighted by Crippen LogP contribution is -2.25. The number of thioether (sulfide) groups is 1. The summed E-state index contributed by atoms with van der Waals surface area (Å²) < 4.78 is 8.78. The Kier molecular flexibility index (Phi) is 4.64. The third-order valence-corrected chi connectivity index (χ3v) is 5.43. The molecule has 1 saturated heterocycles. The summed E-state index contributed by atoms with van der Waals surface area (Å²) in [6, 6.07) is 7.09. The second kappa shape index (κ2) is 7.08. The van der Waals surface area contributed by atoms with Gasteiger partial charge in [-0.2, -0.15) is 0 Å². The third kappa shape index (κ3) is 3.32. The van der Waals surface area contributed by atoms with Crippen molar-refractivity contribution in [1.82, 2.24) is 24.1 Å². The van der Waals surface area contributed by atoms with Crippen LogP contribution in [0.25, 0.3) is 5.65 Å². The van der Waals surface area contributed by atoms with Crippen LogP contribution in [-0.2, 0) is 17.0 Å². The highest BCUT2D eigenvalue weighted by atomic mass is 32.2. The lowest BCUT2D eigenvalue weighted by Gasteiger charge is -2.11. The van der Waals surface area contributed by atoms with Crippen molar-refractivity contribution in [2.45, 2.75) is 43.3 Å². The van der Waals surface area contributed by atoms with Crippen LogP contribution >= 0.6 is 11.8 Å². The van der Waals surface area contributed by atoms with Crippen LogP contribution in [0, 0.1) is 6.92 Å². The average Bonchev–Trinajstić information content (AvgIpc) is 3.24. The second-order valence-corrected chi connectivity index (χ2v) is 7.23. The second-order valence-electron chi connectivity index (χ2n) is 6.29. The normalized spacial score (nSPS) is 17.2. The highest BCUT2D eigenvalue weighted by Gasteiger charge is 2.19. The Labute approximate surface area is 153 Å². The van der Waals surface area contributed by atoms with E-state index in [2.05, 4.69) is 15.2 Å². The number of nitrogens with zero attached hydrogens (tertiary/aromatic N) is 4. The molecule has 4 heterocycles. The van der Waals surface area contributed by atoms with Crippen LogP contribution in [-0.4, -0.2) is 36.9 Å². The van der Waals surface area contributed by atoms with E-state index in [-0.39, 0.29) is 17.4 Å². The van der Waals surface area contributed by atoms with E-state index in [1.807, 2.05) is 25.1 Å². The van der Waals surface area contributed by atoms with E-state index in [1.165, 1.54) is 17.8 Å². The molecule has 8 nitrogen and oxygen atoms in total. The largest absolute Gasteiger partial charge is 0.376 e. The molecule has 0 spiro atoms. The Bertz CT molecular complexity index is 1050. The van der Waals surface area contributed by atoms with Crippen molar-refractivity contribution in [2.75, 3.05) is 6.61 Å². The van der Waals surface area contributed by atoms with Crippen molar-refractivity contribution in [3.63, 3.8) is 0 Å². The number of ether oxygens (including phenoxy) is 1. The van der Waals surface area contributed by atoms with Crippen molar-refractivity contribution < 1.29 is 4.74 Å². The lowest BCUT2D eigenvalue weighted by atomic mass is 10.2. The van der Waals surface area contributed by atoms with Gasteiger partial charge in [-0.25, -0.2) is 14.9 Å². The Morgan fingerprint density at radius 2 is 2.27 bits per heavy atom. The molecular weight excluding hydrogens is 354 g/mol. The first kappa shape index (κ1) is 17.0. The molecule has 3 aromatic rings. The Balaban J connectivity index is 1.55. The first-order valence-electron chi connectivity index (χ1n) is 8.50. The summed E-state index contributed by atoms with van der Waals surface area (Å²) in [7, 11) is 0. The van der Waals surface area contributed by atoms with E-state index < -0.39 is 0 Å². The minimum atomic E-state index is -0.245. The SMILES string of the molecule is Cc1cccc2nc(CSc3n[nH]c(=O)n3CC3CCCO3)cc(=O)n12.